The molecule has 0 aliphatic rings. The third-order valence-corrected chi connectivity index (χ3v) is 1.81. The lowest BCUT2D eigenvalue weighted by molar-refractivity contribution is 0.0727. The summed E-state index contributed by atoms with van der Waals surface area (Å²) in [5.74, 6) is 0.985. The summed E-state index contributed by atoms with van der Waals surface area (Å²) < 4.78 is 9.72. The lowest BCUT2D eigenvalue weighted by atomic mass is 10.4. The quantitative estimate of drug-likeness (QED) is 0.602. The van der Waals surface area contributed by atoms with Crippen molar-refractivity contribution in [2.24, 2.45) is 0 Å². The molecule has 1 aromatic rings. The van der Waals surface area contributed by atoms with E-state index in [1.807, 2.05) is 0 Å². The Kier molecular flexibility index (Phi) is 4.74. The van der Waals surface area contributed by atoms with E-state index in [4.69, 9.17) is 15.2 Å². The number of rotatable bonds is 6. The van der Waals surface area contributed by atoms with Gasteiger partial charge < -0.3 is 25.6 Å². The van der Waals surface area contributed by atoms with Gasteiger partial charge >= 0.3 is 0 Å². The molecule has 0 saturated carbocycles. The van der Waals surface area contributed by atoms with Crippen LogP contribution < -0.4 is 15.8 Å². The van der Waals surface area contributed by atoms with Gasteiger partial charge in [0.25, 0.3) is 0 Å². The summed E-state index contributed by atoms with van der Waals surface area (Å²) in [4.78, 5) is 7.77. The molecule has 16 heavy (non-hydrogen) atoms. The molecule has 7 heteroatoms. The van der Waals surface area contributed by atoms with Gasteiger partial charge in [-0.15, -0.1) is 0 Å². The predicted octanol–water partition coefficient (Wildman–Crippen LogP) is -0.513. The lowest BCUT2D eigenvalue weighted by Crippen LogP contribution is -2.24. The van der Waals surface area contributed by atoms with Crippen LogP contribution in [0.2, 0.25) is 0 Å². The summed E-state index contributed by atoms with van der Waals surface area (Å²) in [6.07, 6.45) is -0.604. The molecule has 0 aliphatic heterocycles. The molecule has 1 heterocycles. The van der Waals surface area contributed by atoms with Gasteiger partial charge in [0.15, 0.2) is 0 Å². The van der Waals surface area contributed by atoms with Crippen molar-refractivity contribution in [3.8, 4) is 5.88 Å². The van der Waals surface area contributed by atoms with Crippen LogP contribution in [0.25, 0.3) is 0 Å². The molecule has 0 amide bonds. The summed E-state index contributed by atoms with van der Waals surface area (Å²) in [6, 6.07) is 1.59. The molecule has 4 N–H and O–H groups in total. The van der Waals surface area contributed by atoms with Crippen LogP contribution in [0.4, 0.5) is 11.8 Å². The third kappa shape index (κ3) is 3.87. The number of aliphatic hydroxyl groups excluding tert-OH is 1. The minimum Gasteiger partial charge on any atom is -0.481 e. The van der Waals surface area contributed by atoms with E-state index in [2.05, 4.69) is 15.3 Å². The van der Waals surface area contributed by atoms with Crippen LogP contribution in [0.5, 0.6) is 5.88 Å². The first-order valence-electron chi connectivity index (χ1n) is 4.75. The number of anilines is 2. The zero-order chi connectivity index (χ0) is 12.0. The van der Waals surface area contributed by atoms with Crippen molar-refractivity contribution in [2.75, 3.05) is 38.4 Å². The molecular formula is C9H16N4O3. The molecule has 0 aliphatic carbocycles. The Labute approximate surface area is 93.6 Å². The molecule has 1 unspecified atom stereocenters. The highest BCUT2D eigenvalue weighted by molar-refractivity contribution is 5.42. The molecule has 0 radical (unpaired) electrons. The molecule has 0 fully saturated rings. The molecule has 90 valence electrons. The van der Waals surface area contributed by atoms with Crippen LogP contribution in [0, 0.1) is 0 Å². The van der Waals surface area contributed by atoms with E-state index in [-0.39, 0.29) is 12.6 Å². The average Bonchev–Trinajstić information content (AvgIpc) is 2.26. The maximum atomic E-state index is 9.41. The fraction of sp³-hybridized carbons (Fsp3) is 0.556. The van der Waals surface area contributed by atoms with Crippen molar-refractivity contribution in [3.63, 3.8) is 0 Å². The minimum absolute atomic E-state index is 0.114. The number of nitrogen functional groups attached to an aromatic ring is 1. The Bertz CT molecular complexity index is 335. The monoisotopic (exact) mass is 228 g/mol. The van der Waals surface area contributed by atoms with Crippen LogP contribution in [-0.2, 0) is 4.74 Å². The lowest BCUT2D eigenvalue weighted by Gasteiger charge is -2.11. The second-order valence-electron chi connectivity index (χ2n) is 3.14. The Morgan fingerprint density at radius 1 is 1.50 bits per heavy atom. The van der Waals surface area contributed by atoms with Crippen molar-refractivity contribution < 1.29 is 14.6 Å². The van der Waals surface area contributed by atoms with Crippen molar-refractivity contribution in [1.29, 1.82) is 0 Å². The Hall–Kier alpha value is -1.60. The number of aliphatic hydroxyl groups is 1. The van der Waals surface area contributed by atoms with Gasteiger partial charge in [0.1, 0.15) is 5.82 Å². The van der Waals surface area contributed by atoms with Gasteiger partial charge in [-0.1, -0.05) is 0 Å². The van der Waals surface area contributed by atoms with Crippen molar-refractivity contribution in [1.82, 2.24) is 9.97 Å². The number of nitrogens with two attached hydrogens (primary N) is 1. The molecule has 1 atom stereocenters. The van der Waals surface area contributed by atoms with Gasteiger partial charge in [-0.25, -0.2) is 0 Å². The first-order chi connectivity index (χ1) is 7.65. The number of hydrogen-bond acceptors (Lipinski definition) is 7. The van der Waals surface area contributed by atoms with Crippen LogP contribution in [0.3, 0.4) is 0 Å². The third-order valence-electron chi connectivity index (χ3n) is 1.81. The van der Waals surface area contributed by atoms with E-state index in [0.29, 0.717) is 18.2 Å². The Morgan fingerprint density at radius 2 is 2.25 bits per heavy atom. The number of methoxy groups -OCH3 is 2. The SMILES string of the molecule is COCC(O)CNc1cc(OC)nc(N)n1. The van der Waals surface area contributed by atoms with E-state index in [1.54, 1.807) is 6.07 Å². The molecule has 7 nitrogen and oxygen atoms in total. The second kappa shape index (κ2) is 6.09. The summed E-state index contributed by atoms with van der Waals surface area (Å²) in [5, 5.41) is 12.3. The van der Waals surface area contributed by atoms with E-state index < -0.39 is 6.10 Å². The first kappa shape index (κ1) is 12.5. The van der Waals surface area contributed by atoms with Crippen molar-refractivity contribution in [3.05, 3.63) is 6.07 Å². The van der Waals surface area contributed by atoms with Gasteiger partial charge in [-0.3, -0.25) is 0 Å². The van der Waals surface area contributed by atoms with E-state index in [0.717, 1.165) is 0 Å². The van der Waals surface area contributed by atoms with Crippen molar-refractivity contribution in [2.45, 2.75) is 6.10 Å². The number of nitrogens with one attached hydrogen (secondary N) is 1. The maximum absolute atomic E-state index is 9.41. The number of nitrogens with zero attached hydrogens (tertiary/aromatic N) is 2. The highest BCUT2D eigenvalue weighted by Crippen LogP contribution is 2.13. The molecule has 1 rings (SSSR count). The van der Waals surface area contributed by atoms with Crippen LogP contribution in [0.1, 0.15) is 0 Å². The fourth-order valence-electron chi connectivity index (χ4n) is 1.11. The molecule has 1 aromatic heterocycles. The van der Waals surface area contributed by atoms with E-state index in [1.165, 1.54) is 14.2 Å². The molecule has 0 spiro atoms. The summed E-state index contributed by atoms with van der Waals surface area (Å²) >= 11 is 0. The zero-order valence-corrected chi connectivity index (χ0v) is 9.30. The zero-order valence-electron chi connectivity index (χ0n) is 9.30. The normalized spacial score (nSPS) is 12.2. The fourth-order valence-corrected chi connectivity index (χ4v) is 1.11. The Balaban J connectivity index is 2.56. The number of ether oxygens (including phenoxy) is 2. The van der Waals surface area contributed by atoms with Crippen LogP contribution in [-0.4, -0.2) is 48.5 Å². The van der Waals surface area contributed by atoms with Crippen LogP contribution in [0.15, 0.2) is 6.07 Å². The molecular weight excluding hydrogens is 212 g/mol. The summed E-state index contributed by atoms with van der Waals surface area (Å²) in [6.45, 7) is 0.568. The smallest absolute Gasteiger partial charge is 0.225 e. The van der Waals surface area contributed by atoms with Crippen LogP contribution >= 0.6 is 0 Å². The minimum atomic E-state index is -0.604. The highest BCUT2D eigenvalue weighted by Gasteiger charge is 2.05. The standard InChI is InChI=1S/C9H16N4O3/c1-15-5-6(14)4-11-7-3-8(16-2)13-9(10)12-7/h3,6,14H,4-5H2,1-2H3,(H3,10,11,12,13). The average molecular weight is 228 g/mol. The van der Waals surface area contributed by atoms with Gasteiger partial charge in [-0.05, 0) is 0 Å². The van der Waals surface area contributed by atoms with Gasteiger partial charge in [0.2, 0.25) is 11.8 Å². The van der Waals surface area contributed by atoms with Gasteiger partial charge in [0.05, 0.1) is 19.8 Å². The summed E-state index contributed by atoms with van der Waals surface area (Å²) in [5.41, 5.74) is 5.47. The highest BCUT2D eigenvalue weighted by atomic mass is 16.5. The summed E-state index contributed by atoms with van der Waals surface area (Å²) in [7, 11) is 3.01. The second-order valence-corrected chi connectivity index (χ2v) is 3.14. The van der Waals surface area contributed by atoms with E-state index >= 15 is 0 Å². The maximum Gasteiger partial charge on any atom is 0.225 e. The predicted molar refractivity (Wildman–Crippen MR) is 59.4 cm³/mol. The van der Waals surface area contributed by atoms with Crippen molar-refractivity contribution >= 4 is 11.8 Å². The topological polar surface area (TPSA) is 103 Å². The first-order valence-corrected chi connectivity index (χ1v) is 4.75. The molecule has 0 saturated heterocycles. The molecule has 0 aromatic carbocycles. The number of aromatic nitrogens is 2. The van der Waals surface area contributed by atoms with E-state index in [9.17, 15) is 5.11 Å². The largest absolute Gasteiger partial charge is 0.481 e. The van der Waals surface area contributed by atoms with Gasteiger partial charge in [0, 0.05) is 19.7 Å². The van der Waals surface area contributed by atoms with Gasteiger partial charge in [-0.2, -0.15) is 9.97 Å². The molecule has 0 bridgehead atoms. The number of hydrogen-bond donors (Lipinski definition) is 3. The Morgan fingerprint density at radius 3 is 2.88 bits per heavy atom.